The van der Waals surface area contributed by atoms with Gasteiger partial charge in [0.2, 0.25) is 0 Å². The lowest BCUT2D eigenvalue weighted by atomic mass is 9.69. The Hall–Kier alpha value is -6.52. The first kappa shape index (κ1) is 33.8. The molecular weight excluding hydrogens is 697 g/mol. The summed E-state index contributed by atoms with van der Waals surface area (Å²) in [4.78, 5) is 2.38. The fraction of sp³-hybridized carbons (Fsp3) is 0.170. The first-order valence-electron chi connectivity index (χ1n) is 20.1. The molecule has 0 amide bonds. The van der Waals surface area contributed by atoms with Crippen molar-refractivity contribution in [3.63, 3.8) is 0 Å². The summed E-state index contributed by atoms with van der Waals surface area (Å²) < 4.78 is 17.0. The highest BCUT2D eigenvalue weighted by atomic mass is 16.7. The Balaban J connectivity index is 1.05. The molecule has 2 aliphatic heterocycles. The average molecular weight is 741 g/mol. The van der Waals surface area contributed by atoms with E-state index >= 15 is 0 Å². The zero-order valence-electron chi connectivity index (χ0n) is 32.8. The van der Waals surface area contributed by atoms with Crippen LogP contribution in [0.4, 0.5) is 17.1 Å². The monoisotopic (exact) mass is 740 g/mol. The molecule has 0 aliphatic carbocycles. The number of hydrogen-bond acceptors (Lipinski definition) is 3. The molecule has 1 unspecified atom stereocenters. The van der Waals surface area contributed by atoms with Gasteiger partial charge in [0, 0.05) is 80.2 Å². The van der Waals surface area contributed by atoms with Crippen LogP contribution in [0.5, 0.6) is 11.5 Å². The quantitative estimate of drug-likeness (QED) is 0.168. The smallest absolute Gasteiger partial charge is 0.252 e. The third-order valence-electron chi connectivity index (χ3n) is 12.5. The number of nitrogens with zero attached hydrogens (tertiary/aromatic N) is 2. The van der Waals surface area contributed by atoms with Gasteiger partial charge in [-0.25, -0.2) is 0 Å². The van der Waals surface area contributed by atoms with Crippen molar-refractivity contribution in [3.8, 4) is 17.2 Å². The first-order valence-corrected chi connectivity index (χ1v) is 20.1. The van der Waals surface area contributed by atoms with Gasteiger partial charge in [0.25, 0.3) is 5.79 Å². The Morgan fingerprint density at radius 2 is 0.982 bits per heavy atom. The van der Waals surface area contributed by atoms with Crippen LogP contribution in [-0.2, 0) is 10.8 Å². The normalized spacial score (nSPS) is 18.0. The Bertz CT molecular complexity index is 3000. The highest BCUT2D eigenvalue weighted by molar-refractivity contribution is 6.14. The van der Waals surface area contributed by atoms with Gasteiger partial charge in [0.15, 0.2) is 0 Å². The van der Waals surface area contributed by atoms with Crippen LogP contribution >= 0.6 is 0 Å². The third-order valence-corrected chi connectivity index (χ3v) is 12.5. The van der Waals surface area contributed by atoms with Crippen molar-refractivity contribution in [2.24, 2.45) is 0 Å². The zero-order valence-corrected chi connectivity index (χ0v) is 32.8. The molecule has 0 radical (unpaired) electrons. The number of aromatic nitrogens is 1. The van der Waals surface area contributed by atoms with Crippen molar-refractivity contribution in [3.05, 3.63) is 181 Å². The van der Waals surface area contributed by atoms with Crippen LogP contribution in [0.25, 0.3) is 49.0 Å². The molecule has 8 aromatic carbocycles. The molecule has 9 aromatic rings. The van der Waals surface area contributed by atoms with E-state index in [0.29, 0.717) is 0 Å². The maximum absolute atomic E-state index is 7.32. The number of anilines is 3. The summed E-state index contributed by atoms with van der Waals surface area (Å²) in [7, 11) is 0. The lowest BCUT2D eigenvalue weighted by molar-refractivity contribution is -0.166. The van der Waals surface area contributed by atoms with Crippen molar-refractivity contribution < 1.29 is 9.47 Å². The molecule has 0 saturated carbocycles. The van der Waals surface area contributed by atoms with Crippen molar-refractivity contribution in [1.29, 1.82) is 0 Å². The van der Waals surface area contributed by atoms with E-state index in [2.05, 4.69) is 207 Å². The van der Waals surface area contributed by atoms with Gasteiger partial charge < -0.3 is 18.9 Å². The van der Waals surface area contributed by atoms with Crippen LogP contribution < -0.4 is 14.4 Å². The van der Waals surface area contributed by atoms with Gasteiger partial charge in [-0.05, 0) is 58.6 Å². The summed E-state index contributed by atoms with van der Waals surface area (Å²) in [6.07, 6.45) is 1.46. The molecular formula is C53H44N2O2. The summed E-state index contributed by atoms with van der Waals surface area (Å²) >= 11 is 0. The van der Waals surface area contributed by atoms with Crippen LogP contribution in [-0.4, -0.2) is 10.4 Å². The van der Waals surface area contributed by atoms with E-state index in [4.69, 9.17) is 9.47 Å². The number of fused-ring (bicyclic) bond motifs is 8. The molecule has 1 atom stereocenters. The molecule has 4 heteroatoms. The molecule has 0 bridgehead atoms. The molecule has 278 valence electrons. The second-order valence-electron chi connectivity index (χ2n) is 17.3. The first-order chi connectivity index (χ1) is 27.7. The topological polar surface area (TPSA) is 26.6 Å². The Labute approximate surface area is 333 Å². The van der Waals surface area contributed by atoms with Gasteiger partial charge in [-0.3, -0.25) is 0 Å². The maximum atomic E-state index is 7.32. The van der Waals surface area contributed by atoms with Gasteiger partial charge in [0.05, 0.1) is 16.7 Å². The van der Waals surface area contributed by atoms with Crippen molar-refractivity contribution in [2.45, 2.75) is 57.2 Å². The van der Waals surface area contributed by atoms with Gasteiger partial charge in [-0.15, -0.1) is 0 Å². The predicted molar refractivity (Wildman–Crippen MR) is 236 cm³/mol. The number of para-hydroxylation sites is 3. The summed E-state index contributed by atoms with van der Waals surface area (Å²) in [5.74, 6) is 0.889. The zero-order chi connectivity index (χ0) is 38.5. The minimum absolute atomic E-state index is 0.196. The average Bonchev–Trinajstić information content (AvgIpc) is 3.55. The van der Waals surface area contributed by atoms with Crippen LogP contribution in [0.15, 0.2) is 170 Å². The lowest BCUT2D eigenvalue weighted by Gasteiger charge is -2.51. The van der Waals surface area contributed by atoms with Crippen LogP contribution in [0.1, 0.15) is 51.7 Å². The van der Waals surface area contributed by atoms with Crippen LogP contribution in [0, 0.1) is 0 Å². The molecule has 11 rings (SSSR count). The Morgan fingerprint density at radius 3 is 1.65 bits per heavy atom. The number of benzene rings is 8. The Morgan fingerprint density at radius 1 is 0.456 bits per heavy atom. The second kappa shape index (κ2) is 12.2. The summed E-state index contributed by atoms with van der Waals surface area (Å²) in [6.45, 7) is 9.34. The summed E-state index contributed by atoms with van der Waals surface area (Å²) in [5, 5.41) is 7.38. The molecule has 1 aromatic heterocycles. The minimum Gasteiger partial charge on any atom is -0.452 e. The van der Waals surface area contributed by atoms with Crippen molar-refractivity contribution in [1.82, 2.24) is 4.57 Å². The van der Waals surface area contributed by atoms with E-state index in [1.165, 1.54) is 54.5 Å². The van der Waals surface area contributed by atoms with Gasteiger partial charge >= 0.3 is 0 Å². The van der Waals surface area contributed by atoms with E-state index in [1.807, 2.05) is 0 Å². The number of rotatable bonds is 4. The predicted octanol–water partition coefficient (Wildman–Crippen LogP) is 14.1. The highest BCUT2D eigenvalue weighted by Gasteiger charge is 2.53. The molecule has 1 spiro atoms. The van der Waals surface area contributed by atoms with E-state index in [1.54, 1.807) is 0 Å². The van der Waals surface area contributed by atoms with Crippen molar-refractivity contribution >= 4 is 60.4 Å². The second-order valence-corrected chi connectivity index (χ2v) is 17.3. The highest BCUT2D eigenvalue weighted by Crippen LogP contribution is 2.55. The van der Waals surface area contributed by atoms with E-state index < -0.39 is 5.79 Å². The largest absolute Gasteiger partial charge is 0.452 e. The number of ether oxygens (including phenoxy) is 2. The number of hydrogen-bond donors (Lipinski definition) is 0. The molecule has 0 fully saturated rings. The van der Waals surface area contributed by atoms with Crippen molar-refractivity contribution in [2.75, 3.05) is 4.90 Å². The SMILES string of the molecule is CC1(C)CC2(CC(C)(C)c3ccc(-n4c5ccccc5c5ccccc54)cc3O2)Oc2cc(N(c3ccccc3)c3cc4ccccc4c4ccccc34)ccc21. The van der Waals surface area contributed by atoms with Crippen LogP contribution in [0.3, 0.4) is 0 Å². The lowest BCUT2D eigenvalue weighted by Crippen LogP contribution is -2.55. The fourth-order valence-electron chi connectivity index (χ4n) is 10.2. The third kappa shape index (κ3) is 5.27. The molecule has 3 heterocycles. The molecule has 57 heavy (non-hydrogen) atoms. The summed E-state index contributed by atoms with van der Waals surface area (Å²) in [6, 6.07) is 61.3. The molecule has 4 nitrogen and oxygen atoms in total. The maximum Gasteiger partial charge on any atom is 0.252 e. The molecule has 0 saturated heterocycles. The fourth-order valence-corrected chi connectivity index (χ4v) is 10.2. The van der Waals surface area contributed by atoms with Gasteiger partial charge in [-0.1, -0.05) is 143 Å². The van der Waals surface area contributed by atoms with E-state index in [9.17, 15) is 0 Å². The molecule has 2 aliphatic rings. The van der Waals surface area contributed by atoms with E-state index in [-0.39, 0.29) is 10.8 Å². The molecule has 0 N–H and O–H groups in total. The summed E-state index contributed by atoms with van der Waals surface area (Å²) in [5.41, 5.74) is 8.69. The Kier molecular flexibility index (Phi) is 7.25. The standard InChI is InChI=1S/C53H44N2O2/c1-51(2)33-53(34-52(3,4)45-29-27-38(32-50(45)57-53)55-46-24-14-12-22-42(46)43-23-13-15-25-47(43)55)56-49-31-37(26-28-44(49)51)54(36-17-6-5-7-18-36)48-30-35-16-8-9-19-39(35)40-20-10-11-21-41(40)48/h5-32H,33-34H2,1-4H3. The van der Waals surface area contributed by atoms with Gasteiger partial charge in [0.1, 0.15) is 11.5 Å². The van der Waals surface area contributed by atoms with E-state index in [0.717, 1.165) is 47.1 Å². The minimum atomic E-state index is -0.863. The van der Waals surface area contributed by atoms with Gasteiger partial charge in [-0.2, -0.15) is 0 Å². The van der Waals surface area contributed by atoms with Crippen LogP contribution in [0.2, 0.25) is 0 Å².